The lowest BCUT2D eigenvalue weighted by Crippen LogP contribution is -2.70. The molecular formula is C23H22BrN3O4. The summed E-state index contributed by atoms with van der Waals surface area (Å²) in [5.41, 5.74) is 2.39. The lowest BCUT2D eigenvalue weighted by atomic mass is 9.78. The number of carbonyl (C=O) groups is 2. The number of piperazine rings is 1. The molecule has 2 aromatic carbocycles. The average Bonchev–Trinajstić information content (AvgIpc) is 3.08. The number of phenols is 1. The Morgan fingerprint density at radius 3 is 2.77 bits per heavy atom. The molecule has 1 saturated heterocycles. The maximum absolute atomic E-state index is 13.5. The first-order valence-corrected chi connectivity index (χ1v) is 10.9. The molecule has 1 fully saturated rings. The summed E-state index contributed by atoms with van der Waals surface area (Å²) in [6.07, 6.45) is 0.362. The minimum atomic E-state index is -1.11. The van der Waals surface area contributed by atoms with E-state index in [4.69, 9.17) is 0 Å². The van der Waals surface area contributed by atoms with E-state index in [0.29, 0.717) is 6.42 Å². The van der Waals surface area contributed by atoms with Gasteiger partial charge in [0.25, 0.3) is 0 Å². The van der Waals surface area contributed by atoms with Gasteiger partial charge in [0, 0.05) is 34.0 Å². The van der Waals surface area contributed by atoms with Gasteiger partial charge in [0.1, 0.15) is 11.3 Å². The number of nitrogens with zero attached hydrogens (tertiary/aromatic N) is 2. The number of aromatic nitrogens is 1. The van der Waals surface area contributed by atoms with E-state index >= 15 is 0 Å². The number of aromatic hydroxyl groups is 1. The molecule has 160 valence electrons. The number of aliphatic hydroxyl groups is 1. The number of amides is 2. The Balaban J connectivity index is 1.78. The Hall–Kier alpha value is -2.84. The number of carbonyl (C=O) groups excluding carboxylic acids is 2. The molecule has 0 spiro atoms. The van der Waals surface area contributed by atoms with E-state index in [1.165, 1.54) is 4.90 Å². The molecule has 5 rings (SSSR count). The van der Waals surface area contributed by atoms with Gasteiger partial charge in [-0.3, -0.25) is 9.59 Å². The molecule has 1 aromatic heterocycles. The van der Waals surface area contributed by atoms with Crippen LogP contribution >= 0.6 is 15.9 Å². The first kappa shape index (κ1) is 20.1. The molecule has 31 heavy (non-hydrogen) atoms. The van der Waals surface area contributed by atoms with Crippen molar-refractivity contribution in [1.82, 2.24) is 14.8 Å². The van der Waals surface area contributed by atoms with E-state index in [1.807, 2.05) is 24.3 Å². The predicted molar refractivity (Wildman–Crippen MR) is 119 cm³/mol. The summed E-state index contributed by atoms with van der Waals surface area (Å²) < 4.78 is 0.927. The minimum Gasteiger partial charge on any atom is -0.508 e. The Labute approximate surface area is 187 Å². The SMILES string of the molecule is C[C@@]12Cc3c([nH]c4ccc(Br)cc34)[C@@H](c3cccc(O)c3)N1C(=O)CN(CCO)C2=O. The van der Waals surface area contributed by atoms with Crippen LogP contribution < -0.4 is 0 Å². The molecule has 0 bridgehead atoms. The highest BCUT2D eigenvalue weighted by atomic mass is 79.9. The van der Waals surface area contributed by atoms with E-state index < -0.39 is 11.6 Å². The third kappa shape index (κ3) is 2.96. The summed E-state index contributed by atoms with van der Waals surface area (Å²) in [6, 6.07) is 12.2. The van der Waals surface area contributed by atoms with Crippen molar-refractivity contribution in [2.24, 2.45) is 0 Å². The summed E-state index contributed by atoms with van der Waals surface area (Å²) in [6.45, 7) is 1.64. The molecule has 3 heterocycles. The van der Waals surface area contributed by atoms with Gasteiger partial charge in [-0.15, -0.1) is 0 Å². The highest BCUT2D eigenvalue weighted by molar-refractivity contribution is 9.10. The van der Waals surface area contributed by atoms with Crippen LogP contribution in [0.2, 0.25) is 0 Å². The molecule has 0 aliphatic carbocycles. The van der Waals surface area contributed by atoms with Crippen molar-refractivity contribution in [2.45, 2.75) is 24.9 Å². The molecule has 2 atom stereocenters. The van der Waals surface area contributed by atoms with Crippen LogP contribution in [0.25, 0.3) is 10.9 Å². The molecule has 0 radical (unpaired) electrons. The van der Waals surface area contributed by atoms with Gasteiger partial charge in [0.05, 0.1) is 19.2 Å². The lowest BCUT2D eigenvalue weighted by Gasteiger charge is -2.53. The molecule has 0 unspecified atom stereocenters. The molecule has 2 amide bonds. The van der Waals surface area contributed by atoms with Crippen molar-refractivity contribution in [3.8, 4) is 5.75 Å². The van der Waals surface area contributed by atoms with Crippen LogP contribution in [0.5, 0.6) is 5.75 Å². The zero-order valence-electron chi connectivity index (χ0n) is 16.9. The standard InChI is InChI=1S/C23H22BrN3O4/c1-23-11-17-16-10-14(24)5-6-18(16)25-20(17)21(13-3-2-4-15(29)9-13)27(23)19(30)12-26(7-8-28)22(23)31/h2-6,9-10,21,25,28-29H,7-8,11-12H2,1H3/t21-,23+/m1/s1. The Bertz CT molecular complexity index is 1220. The maximum atomic E-state index is 13.5. The van der Waals surface area contributed by atoms with E-state index in [2.05, 4.69) is 20.9 Å². The molecule has 8 heteroatoms. The van der Waals surface area contributed by atoms with Crippen molar-refractivity contribution in [1.29, 1.82) is 0 Å². The smallest absolute Gasteiger partial charge is 0.249 e. The van der Waals surface area contributed by atoms with Gasteiger partial charge < -0.3 is 25.0 Å². The number of fused-ring (bicyclic) bond motifs is 4. The van der Waals surface area contributed by atoms with Gasteiger partial charge >= 0.3 is 0 Å². The molecule has 3 aromatic rings. The number of hydrogen-bond donors (Lipinski definition) is 3. The van der Waals surface area contributed by atoms with Crippen LogP contribution in [0.4, 0.5) is 0 Å². The first-order chi connectivity index (χ1) is 14.8. The molecular weight excluding hydrogens is 462 g/mol. The summed E-state index contributed by atoms with van der Waals surface area (Å²) in [7, 11) is 0. The van der Waals surface area contributed by atoms with Crippen molar-refractivity contribution < 1.29 is 19.8 Å². The number of aromatic amines is 1. The highest BCUT2D eigenvalue weighted by Gasteiger charge is 2.55. The normalized spacial score (nSPS) is 23.3. The van der Waals surface area contributed by atoms with Gasteiger partial charge in [-0.2, -0.15) is 0 Å². The van der Waals surface area contributed by atoms with Crippen LogP contribution in [0.15, 0.2) is 46.9 Å². The van der Waals surface area contributed by atoms with E-state index in [9.17, 15) is 19.8 Å². The van der Waals surface area contributed by atoms with E-state index in [-0.39, 0.29) is 37.3 Å². The number of phenolic OH excluding ortho intramolecular Hbond substituents is 1. The number of H-pyrrole nitrogens is 1. The van der Waals surface area contributed by atoms with Crippen molar-refractivity contribution in [3.63, 3.8) is 0 Å². The van der Waals surface area contributed by atoms with Crippen LogP contribution in [0, 0.1) is 0 Å². The largest absolute Gasteiger partial charge is 0.508 e. The second kappa shape index (κ2) is 7.10. The molecule has 3 N–H and O–H groups in total. The van der Waals surface area contributed by atoms with Gasteiger partial charge in [-0.1, -0.05) is 28.1 Å². The Kier molecular flexibility index (Phi) is 4.60. The predicted octanol–water partition coefficient (Wildman–Crippen LogP) is 2.70. The van der Waals surface area contributed by atoms with Gasteiger partial charge in [0.2, 0.25) is 11.8 Å². The number of hydrogen-bond acceptors (Lipinski definition) is 4. The fraction of sp³-hybridized carbons (Fsp3) is 0.304. The molecule has 0 saturated carbocycles. The quantitative estimate of drug-likeness (QED) is 0.533. The van der Waals surface area contributed by atoms with Crippen LogP contribution in [0.1, 0.15) is 29.8 Å². The highest BCUT2D eigenvalue weighted by Crippen LogP contribution is 2.47. The fourth-order valence-electron chi connectivity index (χ4n) is 5.07. The number of nitrogens with one attached hydrogen (secondary N) is 1. The van der Waals surface area contributed by atoms with E-state index in [0.717, 1.165) is 32.2 Å². The monoisotopic (exact) mass is 483 g/mol. The average molecular weight is 484 g/mol. The number of halogens is 1. The number of aliphatic hydroxyl groups excluding tert-OH is 1. The third-order valence-corrected chi connectivity index (χ3v) is 6.88. The zero-order chi connectivity index (χ0) is 21.9. The second-order valence-corrected chi connectivity index (χ2v) is 9.29. The zero-order valence-corrected chi connectivity index (χ0v) is 18.5. The minimum absolute atomic E-state index is 0.0780. The van der Waals surface area contributed by atoms with Gasteiger partial charge in [0.15, 0.2) is 0 Å². The summed E-state index contributed by atoms with van der Waals surface area (Å²) in [5, 5.41) is 20.5. The van der Waals surface area contributed by atoms with Crippen molar-refractivity contribution in [2.75, 3.05) is 19.7 Å². The maximum Gasteiger partial charge on any atom is 0.249 e. The van der Waals surface area contributed by atoms with Crippen molar-refractivity contribution in [3.05, 3.63) is 63.8 Å². The molecule has 7 nitrogen and oxygen atoms in total. The van der Waals surface area contributed by atoms with Crippen LogP contribution in [-0.4, -0.2) is 62.0 Å². The Morgan fingerprint density at radius 2 is 2.03 bits per heavy atom. The van der Waals surface area contributed by atoms with Gasteiger partial charge in [-0.25, -0.2) is 0 Å². The number of rotatable bonds is 3. The Morgan fingerprint density at radius 1 is 1.23 bits per heavy atom. The topological polar surface area (TPSA) is 96.9 Å². The summed E-state index contributed by atoms with van der Waals surface area (Å²) >= 11 is 3.53. The molecule has 2 aliphatic heterocycles. The lowest BCUT2D eigenvalue weighted by molar-refractivity contribution is -0.167. The van der Waals surface area contributed by atoms with Gasteiger partial charge in [-0.05, 0) is 48.4 Å². The molecule has 2 aliphatic rings. The van der Waals surface area contributed by atoms with Crippen molar-refractivity contribution >= 4 is 38.6 Å². The number of β-amino-alcohol motifs (C(OH)–C–C–N with tert-alkyl or cyclic N) is 1. The summed E-state index contributed by atoms with van der Waals surface area (Å²) in [5.74, 6) is -0.265. The van der Waals surface area contributed by atoms with Crippen LogP contribution in [-0.2, 0) is 16.0 Å². The van der Waals surface area contributed by atoms with E-state index in [1.54, 1.807) is 30.0 Å². The second-order valence-electron chi connectivity index (χ2n) is 8.37. The summed E-state index contributed by atoms with van der Waals surface area (Å²) in [4.78, 5) is 33.5. The third-order valence-electron chi connectivity index (χ3n) is 6.38. The van der Waals surface area contributed by atoms with Crippen LogP contribution in [0.3, 0.4) is 0 Å². The fourth-order valence-corrected chi connectivity index (χ4v) is 5.43. The number of benzene rings is 2. The first-order valence-electron chi connectivity index (χ1n) is 10.1.